The Morgan fingerprint density at radius 1 is 1.47 bits per heavy atom. The molecule has 0 aromatic carbocycles. The number of nitrogens with zero attached hydrogens (tertiary/aromatic N) is 1. The van der Waals surface area contributed by atoms with Crippen LogP contribution in [0.3, 0.4) is 0 Å². The molecule has 0 aromatic heterocycles. The van der Waals surface area contributed by atoms with Gasteiger partial charge in [0.05, 0.1) is 0 Å². The van der Waals surface area contributed by atoms with E-state index in [0.717, 1.165) is 31.0 Å². The van der Waals surface area contributed by atoms with E-state index in [-0.39, 0.29) is 0 Å². The lowest BCUT2D eigenvalue weighted by Gasteiger charge is -2.42. The summed E-state index contributed by atoms with van der Waals surface area (Å²) in [6.07, 6.45) is 4.74. The molecule has 2 nitrogen and oxygen atoms in total. The number of rotatable bonds is 7. The van der Waals surface area contributed by atoms with Crippen molar-refractivity contribution >= 4 is 0 Å². The molecule has 2 unspecified atom stereocenters. The van der Waals surface area contributed by atoms with E-state index in [9.17, 15) is 0 Å². The van der Waals surface area contributed by atoms with Crippen LogP contribution in [0.2, 0.25) is 0 Å². The van der Waals surface area contributed by atoms with Crippen molar-refractivity contribution in [3.05, 3.63) is 12.7 Å². The van der Waals surface area contributed by atoms with Gasteiger partial charge in [-0.3, -0.25) is 4.90 Å². The third kappa shape index (κ3) is 3.96. The zero-order chi connectivity index (χ0) is 11.3. The number of nitrogens with one attached hydrogen (secondary N) is 1. The molecule has 0 saturated heterocycles. The van der Waals surface area contributed by atoms with E-state index in [0.29, 0.717) is 0 Å². The SMILES string of the molecule is C=CCN(C)C1CCC1CNCC(C)C. The molecular formula is C13H26N2. The monoisotopic (exact) mass is 210 g/mol. The maximum Gasteiger partial charge on any atom is 0.0160 e. The van der Waals surface area contributed by atoms with E-state index >= 15 is 0 Å². The molecule has 1 saturated carbocycles. The predicted octanol–water partition coefficient (Wildman–Crippen LogP) is 2.13. The van der Waals surface area contributed by atoms with Crippen LogP contribution in [0.5, 0.6) is 0 Å². The van der Waals surface area contributed by atoms with E-state index in [1.54, 1.807) is 0 Å². The Bertz CT molecular complexity index is 189. The van der Waals surface area contributed by atoms with Gasteiger partial charge in [0, 0.05) is 12.6 Å². The summed E-state index contributed by atoms with van der Waals surface area (Å²) in [4.78, 5) is 2.43. The van der Waals surface area contributed by atoms with Crippen molar-refractivity contribution in [2.24, 2.45) is 11.8 Å². The topological polar surface area (TPSA) is 15.3 Å². The lowest BCUT2D eigenvalue weighted by molar-refractivity contribution is 0.0931. The van der Waals surface area contributed by atoms with Crippen LogP contribution >= 0.6 is 0 Å². The molecule has 1 aliphatic rings. The average molecular weight is 210 g/mol. The molecule has 0 heterocycles. The van der Waals surface area contributed by atoms with E-state index in [1.165, 1.54) is 19.4 Å². The molecule has 1 rings (SSSR count). The standard InChI is InChI=1S/C13H26N2/c1-5-8-15(4)13-7-6-12(13)10-14-9-11(2)3/h5,11-14H,1,6-10H2,2-4H3. The van der Waals surface area contributed by atoms with Crippen molar-refractivity contribution in [2.75, 3.05) is 26.7 Å². The first kappa shape index (κ1) is 12.7. The van der Waals surface area contributed by atoms with Crippen molar-refractivity contribution < 1.29 is 0 Å². The normalized spacial score (nSPS) is 25.7. The lowest BCUT2D eigenvalue weighted by atomic mass is 9.78. The van der Waals surface area contributed by atoms with Gasteiger partial charge in [0.15, 0.2) is 0 Å². The molecule has 0 aliphatic heterocycles. The molecule has 15 heavy (non-hydrogen) atoms. The van der Waals surface area contributed by atoms with Gasteiger partial charge in [-0.25, -0.2) is 0 Å². The number of hydrogen-bond donors (Lipinski definition) is 1. The summed E-state index contributed by atoms with van der Waals surface area (Å²) >= 11 is 0. The highest BCUT2D eigenvalue weighted by Gasteiger charge is 2.32. The summed E-state index contributed by atoms with van der Waals surface area (Å²) in [5.74, 6) is 1.61. The van der Waals surface area contributed by atoms with Gasteiger partial charge in [-0.05, 0) is 44.8 Å². The Morgan fingerprint density at radius 3 is 2.67 bits per heavy atom. The van der Waals surface area contributed by atoms with Crippen molar-refractivity contribution in [2.45, 2.75) is 32.7 Å². The first-order valence-corrected chi connectivity index (χ1v) is 6.17. The second kappa shape index (κ2) is 6.29. The van der Waals surface area contributed by atoms with Crippen molar-refractivity contribution in [1.29, 1.82) is 0 Å². The summed E-state index contributed by atoms with van der Waals surface area (Å²) in [5, 5.41) is 3.56. The van der Waals surface area contributed by atoms with Crippen LogP contribution in [0.4, 0.5) is 0 Å². The summed E-state index contributed by atoms with van der Waals surface area (Å²) in [6.45, 7) is 11.7. The van der Waals surface area contributed by atoms with E-state index in [1.807, 2.05) is 6.08 Å². The van der Waals surface area contributed by atoms with E-state index in [4.69, 9.17) is 0 Å². The number of likely N-dealkylation sites (N-methyl/N-ethyl adjacent to an activating group) is 1. The first-order valence-electron chi connectivity index (χ1n) is 6.17. The minimum absolute atomic E-state index is 0.759. The third-order valence-corrected chi connectivity index (χ3v) is 3.32. The maximum atomic E-state index is 3.79. The second-order valence-electron chi connectivity index (χ2n) is 5.19. The summed E-state index contributed by atoms with van der Waals surface area (Å²) in [7, 11) is 2.21. The Kier molecular flexibility index (Phi) is 5.34. The van der Waals surface area contributed by atoms with E-state index in [2.05, 4.69) is 37.7 Å². The van der Waals surface area contributed by atoms with Crippen LogP contribution < -0.4 is 5.32 Å². The third-order valence-electron chi connectivity index (χ3n) is 3.32. The lowest BCUT2D eigenvalue weighted by Crippen LogP contribution is -2.49. The van der Waals surface area contributed by atoms with Gasteiger partial charge in [0.2, 0.25) is 0 Å². The molecule has 0 amide bonds. The summed E-state index contributed by atoms with van der Waals surface area (Å²) in [5.41, 5.74) is 0. The van der Waals surface area contributed by atoms with Gasteiger partial charge >= 0.3 is 0 Å². The maximum absolute atomic E-state index is 3.79. The van der Waals surface area contributed by atoms with E-state index < -0.39 is 0 Å². The van der Waals surface area contributed by atoms with Gasteiger partial charge < -0.3 is 5.32 Å². The van der Waals surface area contributed by atoms with Crippen LogP contribution in [-0.2, 0) is 0 Å². The molecule has 88 valence electrons. The fourth-order valence-corrected chi connectivity index (χ4v) is 2.27. The summed E-state index contributed by atoms with van der Waals surface area (Å²) in [6, 6.07) is 0.780. The van der Waals surface area contributed by atoms with Gasteiger partial charge in [0.1, 0.15) is 0 Å². The largest absolute Gasteiger partial charge is 0.316 e. The zero-order valence-corrected chi connectivity index (χ0v) is 10.5. The summed E-state index contributed by atoms with van der Waals surface area (Å²) < 4.78 is 0. The fraction of sp³-hybridized carbons (Fsp3) is 0.846. The quantitative estimate of drug-likeness (QED) is 0.648. The highest BCUT2D eigenvalue weighted by molar-refractivity contribution is 4.90. The minimum atomic E-state index is 0.759. The Morgan fingerprint density at radius 2 is 2.20 bits per heavy atom. The highest BCUT2D eigenvalue weighted by Crippen LogP contribution is 2.30. The Labute approximate surface area is 94.7 Å². The van der Waals surface area contributed by atoms with Crippen LogP contribution in [0.15, 0.2) is 12.7 Å². The fourth-order valence-electron chi connectivity index (χ4n) is 2.27. The predicted molar refractivity (Wildman–Crippen MR) is 67.0 cm³/mol. The van der Waals surface area contributed by atoms with Crippen LogP contribution in [0.1, 0.15) is 26.7 Å². The Balaban J connectivity index is 2.17. The van der Waals surface area contributed by atoms with Gasteiger partial charge in [0.25, 0.3) is 0 Å². The van der Waals surface area contributed by atoms with Gasteiger partial charge in [-0.15, -0.1) is 6.58 Å². The van der Waals surface area contributed by atoms with Crippen LogP contribution in [0.25, 0.3) is 0 Å². The average Bonchev–Trinajstić information content (AvgIpc) is 2.10. The molecule has 1 aliphatic carbocycles. The number of hydrogen-bond acceptors (Lipinski definition) is 2. The molecule has 2 heteroatoms. The molecule has 2 atom stereocenters. The van der Waals surface area contributed by atoms with Crippen LogP contribution in [-0.4, -0.2) is 37.6 Å². The van der Waals surface area contributed by atoms with Crippen molar-refractivity contribution in [3.8, 4) is 0 Å². The van der Waals surface area contributed by atoms with Gasteiger partial charge in [-0.1, -0.05) is 19.9 Å². The van der Waals surface area contributed by atoms with Crippen molar-refractivity contribution in [1.82, 2.24) is 10.2 Å². The molecule has 0 bridgehead atoms. The van der Waals surface area contributed by atoms with Gasteiger partial charge in [-0.2, -0.15) is 0 Å². The first-order chi connectivity index (χ1) is 7.15. The second-order valence-corrected chi connectivity index (χ2v) is 5.19. The molecule has 0 spiro atoms. The smallest absolute Gasteiger partial charge is 0.0160 e. The molecule has 1 N–H and O–H groups in total. The van der Waals surface area contributed by atoms with Crippen LogP contribution in [0, 0.1) is 11.8 Å². The highest BCUT2D eigenvalue weighted by atomic mass is 15.1. The molecule has 1 fully saturated rings. The molecule has 0 radical (unpaired) electrons. The molecule has 0 aromatic rings. The zero-order valence-electron chi connectivity index (χ0n) is 10.5. The van der Waals surface area contributed by atoms with Crippen molar-refractivity contribution in [3.63, 3.8) is 0 Å². The minimum Gasteiger partial charge on any atom is -0.316 e. The molecular weight excluding hydrogens is 184 g/mol. The Hall–Kier alpha value is -0.340.